The highest BCUT2D eigenvalue weighted by molar-refractivity contribution is 6.02. The molecule has 33 heavy (non-hydrogen) atoms. The molecule has 162 valence electrons. The maximum absolute atomic E-state index is 14.1. The minimum absolute atomic E-state index is 0.0235. The first-order valence-corrected chi connectivity index (χ1v) is 10.9. The number of benzene rings is 4. The average molecular weight is 435 g/mol. The van der Waals surface area contributed by atoms with Crippen LogP contribution >= 0.6 is 0 Å². The van der Waals surface area contributed by atoms with Gasteiger partial charge in [0.05, 0.1) is 0 Å². The summed E-state index contributed by atoms with van der Waals surface area (Å²) >= 11 is 0. The fourth-order valence-corrected chi connectivity index (χ4v) is 4.32. The van der Waals surface area contributed by atoms with Crippen LogP contribution in [0.5, 0.6) is 5.75 Å². The molecule has 4 aromatic carbocycles. The van der Waals surface area contributed by atoms with Gasteiger partial charge in [0.25, 0.3) is 0 Å². The Hall–Kier alpha value is -3.98. The average Bonchev–Trinajstić information content (AvgIpc) is 3.25. The van der Waals surface area contributed by atoms with Gasteiger partial charge in [-0.1, -0.05) is 66.7 Å². The number of ketones is 1. The molecule has 1 aliphatic heterocycles. The molecule has 0 bridgehead atoms. The van der Waals surface area contributed by atoms with Crippen molar-refractivity contribution in [1.82, 2.24) is 0 Å². The fraction of sp³-hybridized carbons (Fsp3) is 0.100. The van der Waals surface area contributed by atoms with Crippen LogP contribution in [0.1, 0.15) is 39.5 Å². The zero-order chi connectivity index (χ0) is 22.9. The molecule has 2 nitrogen and oxygen atoms in total. The Labute approximate surface area is 193 Å². The van der Waals surface area contributed by atoms with Crippen molar-refractivity contribution in [2.24, 2.45) is 0 Å². The quantitative estimate of drug-likeness (QED) is 0.314. The second-order valence-electron chi connectivity index (χ2n) is 8.32. The molecule has 1 heterocycles. The molecule has 0 N–H and O–H groups in total. The van der Waals surface area contributed by atoms with E-state index < -0.39 is 0 Å². The van der Waals surface area contributed by atoms with Gasteiger partial charge in [-0.05, 0) is 71.5 Å². The summed E-state index contributed by atoms with van der Waals surface area (Å²) in [6, 6.07) is 29.3. The van der Waals surface area contributed by atoms with Crippen LogP contribution in [0.2, 0.25) is 0 Å². The zero-order valence-corrected chi connectivity index (χ0v) is 18.6. The van der Waals surface area contributed by atoms with Crippen LogP contribution in [0.3, 0.4) is 0 Å². The molecule has 0 aromatic heterocycles. The van der Waals surface area contributed by atoms with Gasteiger partial charge in [0.15, 0.2) is 5.78 Å². The third kappa shape index (κ3) is 3.98. The van der Waals surface area contributed by atoms with Crippen molar-refractivity contribution in [2.45, 2.75) is 13.8 Å². The van der Waals surface area contributed by atoms with Crippen molar-refractivity contribution in [1.29, 1.82) is 0 Å². The molecular weight excluding hydrogens is 411 g/mol. The van der Waals surface area contributed by atoms with Crippen molar-refractivity contribution < 1.29 is 13.9 Å². The number of carbonyl (C=O) groups excluding carboxylic acids is 1. The van der Waals surface area contributed by atoms with E-state index in [2.05, 4.69) is 24.3 Å². The van der Waals surface area contributed by atoms with E-state index in [1.165, 1.54) is 6.07 Å². The molecular formula is C30H23FO2. The summed E-state index contributed by atoms with van der Waals surface area (Å²) in [5.74, 6) is 0.626. The van der Waals surface area contributed by atoms with Gasteiger partial charge in [-0.2, -0.15) is 0 Å². The molecule has 0 fully saturated rings. The van der Waals surface area contributed by atoms with E-state index >= 15 is 0 Å². The summed E-state index contributed by atoms with van der Waals surface area (Å²) < 4.78 is 20.1. The van der Waals surface area contributed by atoms with Crippen LogP contribution in [0.15, 0.2) is 91.0 Å². The van der Waals surface area contributed by atoms with Gasteiger partial charge in [0.1, 0.15) is 18.2 Å². The van der Waals surface area contributed by atoms with Crippen LogP contribution in [-0.4, -0.2) is 12.4 Å². The van der Waals surface area contributed by atoms with E-state index in [9.17, 15) is 9.18 Å². The van der Waals surface area contributed by atoms with Crippen LogP contribution in [0.4, 0.5) is 4.39 Å². The summed E-state index contributed by atoms with van der Waals surface area (Å²) in [5.41, 5.74) is 8.43. The van der Waals surface area contributed by atoms with E-state index in [0.717, 1.165) is 44.7 Å². The minimum atomic E-state index is -0.232. The zero-order valence-electron chi connectivity index (χ0n) is 18.6. The minimum Gasteiger partial charge on any atom is -0.488 e. The largest absolute Gasteiger partial charge is 0.488 e. The van der Waals surface area contributed by atoms with Gasteiger partial charge in [0, 0.05) is 16.7 Å². The molecule has 4 aromatic rings. The van der Waals surface area contributed by atoms with E-state index in [4.69, 9.17) is 4.74 Å². The van der Waals surface area contributed by atoms with Crippen molar-refractivity contribution in [3.05, 3.63) is 125 Å². The SMILES string of the molecule is CC(=O)c1ccc(/C(=C2\COc3ccc(-c4ccccc4)cc32)c2ccc(F)c(C)c2)cc1. The Balaban J connectivity index is 1.73. The summed E-state index contributed by atoms with van der Waals surface area (Å²) in [6.45, 7) is 3.75. The predicted octanol–water partition coefficient (Wildman–Crippen LogP) is 7.36. The summed E-state index contributed by atoms with van der Waals surface area (Å²) in [6.07, 6.45) is 0. The Morgan fingerprint density at radius 2 is 1.48 bits per heavy atom. The first kappa shape index (κ1) is 20.9. The lowest BCUT2D eigenvalue weighted by Crippen LogP contribution is -1.99. The molecule has 0 unspecified atom stereocenters. The first-order valence-electron chi connectivity index (χ1n) is 10.9. The van der Waals surface area contributed by atoms with Crippen molar-refractivity contribution >= 4 is 16.9 Å². The van der Waals surface area contributed by atoms with Crippen LogP contribution in [-0.2, 0) is 0 Å². The van der Waals surface area contributed by atoms with Gasteiger partial charge in [-0.15, -0.1) is 0 Å². The molecule has 1 aliphatic rings. The Kier molecular flexibility index (Phi) is 5.39. The summed E-state index contributed by atoms with van der Waals surface area (Å²) in [7, 11) is 0. The number of fused-ring (bicyclic) bond motifs is 1. The van der Waals surface area contributed by atoms with Gasteiger partial charge in [-0.3, -0.25) is 4.79 Å². The highest BCUT2D eigenvalue weighted by atomic mass is 19.1. The van der Waals surface area contributed by atoms with Gasteiger partial charge in [-0.25, -0.2) is 4.39 Å². The number of aryl methyl sites for hydroxylation is 1. The summed E-state index contributed by atoms with van der Waals surface area (Å²) in [5, 5.41) is 0. The number of ether oxygens (including phenoxy) is 1. The molecule has 0 saturated carbocycles. The molecule has 0 saturated heterocycles. The van der Waals surface area contributed by atoms with E-state index in [1.54, 1.807) is 13.8 Å². The van der Waals surface area contributed by atoms with Crippen LogP contribution < -0.4 is 4.74 Å². The molecule has 0 atom stereocenters. The highest BCUT2D eigenvalue weighted by Gasteiger charge is 2.24. The van der Waals surface area contributed by atoms with Crippen LogP contribution in [0.25, 0.3) is 22.3 Å². The lowest BCUT2D eigenvalue weighted by atomic mass is 9.88. The molecule has 3 heteroatoms. The number of hydrogen-bond donors (Lipinski definition) is 0. The van der Waals surface area contributed by atoms with E-state index in [0.29, 0.717) is 17.7 Å². The maximum atomic E-state index is 14.1. The van der Waals surface area contributed by atoms with Gasteiger partial charge >= 0.3 is 0 Å². The Morgan fingerprint density at radius 3 is 2.18 bits per heavy atom. The number of hydrogen-bond acceptors (Lipinski definition) is 2. The number of carbonyl (C=O) groups is 1. The second kappa shape index (κ2) is 8.51. The van der Waals surface area contributed by atoms with Crippen molar-refractivity contribution in [2.75, 3.05) is 6.61 Å². The third-order valence-electron chi connectivity index (χ3n) is 6.11. The number of halogens is 1. The summed E-state index contributed by atoms with van der Waals surface area (Å²) in [4.78, 5) is 11.8. The van der Waals surface area contributed by atoms with Crippen LogP contribution in [0, 0.1) is 12.7 Å². The second-order valence-corrected chi connectivity index (χ2v) is 8.32. The number of rotatable bonds is 4. The molecule has 5 rings (SSSR count). The highest BCUT2D eigenvalue weighted by Crippen LogP contribution is 2.42. The first-order chi connectivity index (χ1) is 16.0. The lowest BCUT2D eigenvalue weighted by molar-refractivity contribution is 0.101. The van der Waals surface area contributed by atoms with Crippen molar-refractivity contribution in [3.8, 4) is 16.9 Å². The monoisotopic (exact) mass is 434 g/mol. The fourth-order valence-electron chi connectivity index (χ4n) is 4.32. The Morgan fingerprint density at radius 1 is 0.788 bits per heavy atom. The van der Waals surface area contributed by atoms with E-state index in [-0.39, 0.29) is 11.6 Å². The smallest absolute Gasteiger partial charge is 0.159 e. The molecule has 0 radical (unpaired) electrons. The lowest BCUT2D eigenvalue weighted by Gasteiger charge is -2.14. The molecule has 0 aliphatic carbocycles. The van der Waals surface area contributed by atoms with Gasteiger partial charge in [0.2, 0.25) is 0 Å². The van der Waals surface area contributed by atoms with Crippen molar-refractivity contribution in [3.63, 3.8) is 0 Å². The standard InChI is InChI=1S/C30H23FO2/c1-19-16-25(12-14-28(19)31)30(23-10-8-21(9-11-23)20(2)32)27-18-33-29-15-13-24(17-26(27)29)22-6-4-3-5-7-22/h3-17H,18H2,1-2H3/b30-27-. The normalized spacial score (nSPS) is 13.9. The van der Waals surface area contributed by atoms with E-state index in [1.807, 2.05) is 60.7 Å². The van der Waals surface area contributed by atoms with Gasteiger partial charge < -0.3 is 4.74 Å². The molecule has 0 amide bonds. The number of Topliss-reactive ketones (excluding diaryl/α,β-unsaturated/α-hetero) is 1. The Bertz CT molecular complexity index is 1380. The third-order valence-corrected chi connectivity index (χ3v) is 6.11. The topological polar surface area (TPSA) is 26.3 Å². The maximum Gasteiger partial charge on any atom is 0.159 e. The predicted molar refractivity (Wildman–Crippen MR) is 131 cm³/mol. The molecule has 0 spiro atoms.